The van der Waals surface area contributed by atoms with Crippen LogP contribution >= 0.6 is 23.2 Å². The molecule has 0 heterocycles. The van der Waals surface area contributed by atoms with Gasteiger partial charge in [0.05, 0.1) is 10.6 Å². The van der Waals surface area contributed by atoms with Crippen LogP contribution in [0.15, 0.2) is 42.5 Å². The minimum atomic E-state index is -0.741. The fourth-order valence-corrected chi connectivity index (χ4v) is 2.82. The summed E-state index contributed by atoms with van der Waals surface area (Å²) in [7, 11) is 0. The lowest BCUT2D eigenvalue weighted by atomic mass is 10.0. The van der Waals surface area contributed by atoms with Crippen molar-refractivity contribution >= 4 is 35.0 Å². The van der Waals surface area contributed by atoms with Gasteiger partial charge < -0.3 is 10.6 Å². The van der Waals surface area contributed by atoms with Gasteiger partial charge in [-0.2, -0.15) is 0 Å². The van der Waals surface area contributed by atoms with Gasteiger partial charge in [0.1, 0.15) is 11.9 Å². The Hall–Kier alpha value is -2.11. The predicted octanol–water partition coefficient (Wildman–Crippen LogP) is 4.20. The number of hydrogen-bond donors (Lipinski definition) is 2. The number of hydrogen-bond acceptors (Lipinski definition) is 2. The number of benzene rings is 2. The predicted molar refractivity (Wildman–Crippen MR) is 101 cm³/mol. The second-order valence-corrected chi connectivity index (χ2v) is 7.01. The van der Waals surface area contributed by atoms with E-state index >= 15 is 0 Å². The summed E-state index contributed by atoms with van der Waals surface area (Å²) in [5.74, 6) is -1.27. The molecule has 0 spiro atoms. The highest BCUT2D eigenvalue weighted by molar-refractivity contribution is 6.36. The minimum Gasteiger partial charge on any atom is -0.350 e. The Balaban J connectivity index is 2.03. The van der Waals surface area contributed by atoms with E-state index in [1.54, 1.807) is 18.2 Å². The Labute approximate surface area is 161 Å². The van der Waals surface area contributed by atoms with Crippen molar-refractivity contribution < 1.29 is 14.0 Å². The molecule has 7 heteroatoms. The van der Waals surface area contributed by atoms with E-state index < -0.39 is 11.9 Å². The van der Waals surface area contributed by atoms with Gasteiger partial charge in [-0.15, -0.1) is 0 Å². The Morgan fingerprint density at radius 3 is 2.31 bits per heavy atom. The third-order valence-corrected chi connectivity index (χ3v) is 4.34. The molecule has 138 valence electrons. The summed E-state index contributed by atoms with van der Waals surface area (Å²) in [6, 6.07) is 9.62. The molecule has 0 unspecified atom stereocenters. The number of carbonyl (C=O) groups is 2. The lowest BCUT2D eigenvalue weighted by molar-refractivity contribution is -0.124. The van der Waals surface area contributed by atoms with Crippen molar-refractivity contribution in [2.24, 2.45) is 5.92 Å². The molecule has 0 radical (unpaired) electrons. The fourth-order valence-electron chi connectivity index (χ4n) is 2.33. The zero-order valence-electron chi connectivity index (χ0n) is 14.4. The van der Waals surface area contributed by atoms with Crippen LogP contribution in [-0.2, 0) is 11.3 Å². The van der Waals surface area contributed by atoms with Crippen molar-refractivity contribution in [1.82, 2.24) is 10.6 Å². The average Bonchev–Trinajstić information content (AvgIpc) is 2.58. The van der Waals surface area contributed by atoms with Gasteiger partial charge in [0.15, 0.2) is 0 Å². The van der Waals surface area contributed by atoms with E-state index in [2.05, 4.69) is 10.6 Å². The van der Waals surface area contributed by atoms with Crippen LogP contribution < -0.4 is 10.6 Å². The number of nitrogens with one attached hydrogen (secondary N) is 2. The lowest BCUT2D eigenvalue weighted by Crippen LogP contribution is -2.49. The van der Waals surface area contributed by atoms with Crippen LogP contribution in [0.25, 0.3) is 0 Å². The maximum atomic E-state index is 12.9. The van der Waals surface area contributed by atoms with Crippen LogP contribution in [-0.4, -0.2) is 17.9 Å². The van der Waals surface area contributed by atoms with Crippen LogP contribution in [0.2, 0.25) is 10.0 Å². The van der Waals surface area contributed by atoms with Crippen molar-refractivity contribution in [2.75, 3.05) is 0 Å². The molecule has 2 aromatic rings. The topological polar surface area (TPSA) is 58.2 Å². The molecule has 26 heavy (non-hydrogen) atoms. The minimum absolute atomic E-state index is 0.141. The van der Waals surface area contributed by atoms with E-state index in [-0.39, 0.29) is 34.8 Å². The molecule has 2 rings (SSSR count). The molecular formula is C19H19Cl2FN2O2. The van der Waals surface area contributed by atoms with Gasteiger partial charge >= 0.3 is 0 Å². The SMILES string of the molecule is CC(C)[C@H](NC(=O)c1ccc(Cl)cc1Cl)C(=O)NCc1ccc(F)cc1. The summed E-state index contributed by atoms with van der Waals surface area (Å²) in [5, 5.41) is 6.08. The summed E-state index contributed by atoms with van der Waals surface area (Å²) in [5.41, 5.74) is 1.00. The van der Waals surface area contributed by atoms with Gasteiger partial charge in [0.2, 0.25) is 5.91 Å². The lowest BCUT2D eigenvalue weighted by Gasteiger charge is -2.22. The van der Waals surface area contributed by atoms with Crippen molar-refractivity contribution in [3.8, 4) is 0 Å². The molecule has 0 aromatic heterocycles. The third kappa shape index (κ3) is 5.44. The van der Waals surface area contributed by atoms with Gasteiger partial charge in [0.25, 0.3) is 5.91 Å². The molecule has 2 aromatic carbocycles. The first kappa shape index (κ1) is 20.2. The summed E-state index contributed by atoms with van der Waals surface area (Å²) in [6.45, 7) is 3.89. The van der Waals surface area contributed by atoms with Gasteiger partial charge in [-0.1, -0.05) is 49.2 Å². The van der Waals surface area contributed by atoms with E-state index in [1.807, 2.05) is 13.8 Å². The van der Waals surface area contributed by atoms with Crippen molar-refractivity contribution in [1.29, 1.82) is 0 Å². The molecule has 1 atom stereocenters. The Bertz CT molecular complexity index is 795. The Kier molecular flexibility index (Phi) is 7.00. The van der Waals surface area contributed by atoms with Crippen LogP contribution in [0.4, 0.5) is 4.39 Å². The van der Waals surface area contributed by atoms with E-state index in [9.17, 15) is 14.0 Å². The van der Waals surface area contributed by atoms with E-state index in [4.69, 9.17) is 23.2 Å². The van der Waals surface area contributed by atoms with Crippen LogP contribution in [0, 0.1) is 11.7 Å². The van der Waals surface area contributed by atoms with E-state index in [0.717, 1.165) is 5.56 Å². The first-order valence-corrected chi connectivity index (χ1v) is 8.81. The first-order valence-electron chi connectivity index (χ1n) is 8.06. The van der Waals surface area contributed by atoms with Crippen molar-refractivity contribution in [3.05, 3.63) is 69.5 Å². The molecule has 0 aliphatic carbocycles. The molecule has 0 bridgehead atoms. The van der Waals surface area contributed by atoms with Crippen LogP contribution in [0.1, 0.15) is 29.8 Å². The number of amides is 2. The number of halogens is 3. The normalized spacial score (nSPS) is 11.9. The van der Waals surface area contributed by atoms with Crippen LogP contribution in [0.5, 0.6) is 0 Å². The fraction of sp³-hybridized carbons (Fsp3) is 0.263. The smallest absolute Gasteiger partial charge is 0.253 e. The van der Waals surface area contributed by atoms with Crippen molar-refractivity contribution in [3.63, 3.8) is 0 Å². The largest absolute Gasteiger partial charge is 0.350 e. The van der Waals surface area contributed by atoms with E-state index in [1.165, 1.54) is 24.3 Å². The molecule has 0 saturated carbocycles. The first-order chi connectivity index (χ1) is 12.3. The highest BCUT2D eigenvalue weighted by atomic mass is 35.5. The molecule has 4 nitrogen and oxygen atoms in total. The monoisotopic (exact) mass is 396 g/mol. The van der Waals surface area contributed by atoms with Gasteiger partial charge in [0, 0.05) is 11.6 Å². The maximum Gasteiger partial charge on any atom is 0.253 e. The molecule has 0 saturated heterocycles. The standard InChI is InChI=1S/C19H19Cl2FN2O2/c1-11(2)17(19(26)23-10-12-3-6-14(22)7-4-12)24-18(25)15-8-5-13(20)9-16(15)21/h3-9,11,17H,10H2,1-2H3,(H,23,26)(H,24,25)/t17-/m0/s1. The summed E-state index contributed by atoms with van der Waals surface area (Å²) >= 11 is 11.9. The van der Waals surface area contributed by atoms with Gasteiger partial charge in [-0.3, -0.25) is 9.59 Å². The molecule has 0 aliphatic heterocycles. The molecule has 2 amide bonds. The summed E-state index contributed by atoms with van der Waals surface area (Å²) in [4.78, 5) is 24.9. The molecule has 0 fully saturated rings. The average molecular weight is 397 g/mol. The van der Waals surface area contributed by atoms with E-state index in [0.29, 0.717) is 5.02 Å². The highest BCUT2D eigenvalue weighted by Gasteiger charge is 2.25. The van der Waals surface area contributed by atoms with Crippen LogP contribution in [0.3, 0.4) is 0 Å². The maximum absolute atomic E-state index is 12.9. The van der Waals surface area contributed by atoms with Gasteiger partial charge in [-0.25, -0.2) is 4.39 Å². The highest BCUT2D eigenvalue weighted by Crippen LogP contribution is 2.21. The second-order valence-electron chi connectivity index (χ2n) is 6.16. The number of rotatable bonds is 6. The van der Waals surface area contributed by atoms with Gasteiger partial charge in [-0.05, 0) is 41.8 Å². The second kappa shape index (κ2) is 9.01. The Morgan fingerprint density at radius 1 is 1.08 bits per heavy atom. The molecule has 2 N–H and O–H groups in total. The zero-order chi connectivity index (χ0) is 19.3. The summed E-state index contributed by atoms with van der Waals surface area (Å²) < 4.78 is 12.9. The molecular weight excluding hydrogens is 378 g/mol. The summed E-state index contributed by atoms with van der Waals surface area (Å²) in [6.07, 6.45) is 0. The number of carbonyl (C=O) groups excluding carboxylic acids is 2. The van der Waals surface area contributed by atoms with Crippen molar-refractivity contribution in [2.45, 2.75) is 26.4 Å². The zero-order valence-corrected chi connectivity index (χ0v) is 15.9. The quantitative estimate of drug-likeness (QED) is 0.768. The third-order valence-electron chi connectivity index (χ3n) is 3.79. The Morgan fingerprint density at radius 2 is 1.73 bits per heavy atom. The molecule has 0 aliphatic rings.